The Hall–Kier alpha value is -4.80. The molecule has 2 saturated heterocycles. The van der Waals surface area contributed by atoms with Gasteiger partial charge in [-0.2, -0.15) is 9.50 Å². The van der Waals surface area contributed by atoms with Crippen LogP contribution in [-0.4, -0.2) is 124 Å². The summed E-state index contributed by atoms with van der Waals surface area (Å²) < 4.78 is 34.8. The normalized spacial score (nSPS) is 16.4. The van der Waals surface area contributed by atoms with Gasteiger partial charge in [0.25, 0.3) is 5.91 Å². The molecule has 46 heavy (non-hydrogen) atoms. The minimum atomic E-state index is -0.373. The van der Waals surface area contributed by atoms with Crippen LogP contribution in [0.15, 0.2) is 47.3 Å². The lowest BCUT2D eigenvalue weighted by atomic mass is 10.2. The van der Waals surface area contributed by atoms with E-state index in [1.54, 1.807) is 36.9 Å². The van der Waals surface area contributed by atoms with Crippen molar-refractivity contribution < 1.29 is 23.1 Å². The smallest absolute Gasteiger partial charge is 0.257 e. The zero-order valence-electron chi connectivity index (χ0n) is 25.3. The second-order valence-electron chi connectivity index (χ2n) is 11.3. The fourth-order valence-corrected chi connectivity index (χ4v) is 5.78. The molecule has 2 aliphatic rings. The Labute approximate surface area is 263 Å². The van der Waals surface area contributed by atoms with Crippen molar-refractivity contribution in [2.24, 2.45) is 0 Å². The number of halogens is 1. The average Bonchev–Trinajstić information content (AvgIpc) is 3.84. The molecule has 0 bridgehead atoms. The molecule has 1 amide bonds. The number of piperazine rings is 1. The summed E-state index contributed by atoms with van der Waals surface area (Å²) in [5.74, 6) is 0.879. The number of benzene rings is 1. The molecule has 0 spiro atoms. The molecule has 0 aliphatic carbocycles. The molecule has 2 fully saturated rings. The zero-order valence-corrected chi connectivity index (χ0v) is 25.3. The lowest BCUT2D eigenvalue weighted by Crippen LogP contribution is -2.47. The highest BCUT2D eigenvalue weighted by Gasteiger charge is 2.22. The number of imidazole rings is 1. The molecule has 242 valence electrons. The molecule has 5 aromatic rings. The number of anilines is 2. The van der Waals surface area contributed by atoms with Crippen LogP contribution in [0.25, 0.3) is 28.4 Å². The minimum Gasteiger partial charge on any atom is -0.484 e. The number of nitrogen functional groups attached to an aromatic ring is 1. The summed E-state index contributed by atoms with van der Waals surface area (Å²) in [6.45, 7) is 8.62. The van der Waals surface area contributed by atoms with E-state index in [0.717, 1.165) is 52.5 Å². The van der Waals surface area contributed by atoms with Crippen molar-refractivity contribution in [1.29, 1.82) is 0 Å². The predicted octanol–water partition coefficient (Wildman–Crippen LogP) is 1.10. The number of aromatic nitrogens is 6. The third-order valence-electron chi connectivity index (χ3n) is 8.32. The fraction of sp³-hybridized carbons (Fsp3) is 0.433. The van der Waals surface area contributed by atoms with Crippen molar-refractivity contribution >= 4 is 34.4 Å². The molecule has 3 N–H and O–H groups in total. The predicted molar refractivity (Wildman–Crippen MR) is 167 cm³/mol. The number of furan rings is 1. The highest BCUT2D eigenvalue weighted by Crippen LogP contribution is 2.26. The van der Waals surface area contributed by atoms with Gasteiger partial charge in [-0.1, -0.05) is 0 Å². The number of rotatable bonds is 11. The van der Waals surface area contributed by atoms with Gasteiger partial charge < -0.3 is 34.4 Å². The summed E-state index contributed by atoms with van der Waals surface area (Å²) in [5.41, 5.74) is 8.50. The lowest BCUT2D eigenvalue weighted by Gasteiger charge is -2.36. The van der Waals surface area contributed by atoms with Gasteiger partial charge in [0.05, 0.1) is 31.5 Å². The maximum absolute atomic E-state index is 15.1. The van der Waals surface area contributed by atoms with Crippen LogP contribution < -0.4 is 20.7 Å². The second-order valence-corrected chi connectivity index (χ2v) is 11.3. The van der Waals surface area contributed by atoms with Gasteiger partial charge in [-0.05, 0) is 24.3 Å². The number of ether oxygens (including phenoxy) is 2. The molecule has 0 saturated carbocycles. The summed E-state index contributed by atoms with van der Waals surface area (Å²) in [7, 11) is 0. The van der Waals surface area contributed by atoms with Crippen molar-refractivity contribution in [3.63, 3.8) is 0 Å². The van der Waals surface area contributed by atoms with Crippen LogP contribution in [0.2, 0.25) is 0 Å². The quantitative estimate of drug-likeness (QED) is 0.214. The topological polar surface area (TPSA) is 157 Å². The Morgan fingerprint density at radius 2 is 1.83 bits per heavy atom. The monoisotopic (exact) mass is 633 g/mol. The van der Waals surface area contributed by atoms with Gasteiger partial charge in [0.2, 0.25) is 11.8 Å². The molecule has 4 aromatic heterocycles. The zero-order chi connectivity index (χ0) is 31.5. The van der Waals surface area contributed by atoms with Crippen molar-refractivity contribution in [3.05, 3.63) is 48.7 Å². The lowest BCUT2D eigenvalue weighted by molar-refractivity contribution is -0.123. The van der Waals surface area contributed by atoms with Crippen LogP contribution in [0.4, 0.5) is 16.0 Å². The molecule has 7 rings (SSSR count). The number of nitrogens with two attached hydrogens (primary N) is 1. The molecule has 1 aromatic carbocycles. The first-order chi connectivity index (χ1) is 22.5. The summed E-state index contributed by atoms with van der Waals surface area (Å²) in [4.78, 5) is 32.5. The fourth-order valence-electron chi connectivity index (χ4n) is 5.78. The molecule has 0 radical (unpaired) electrons. The van der Waals surface area contributed by atoms with E-state index in [1.807, 2.05) is 9.47 Å². The molecular formula is C30H36FN11O4. The molecule has 2 aliphatic heterocycles. The van der Waals surface area contributed by atoms with E-state index >= 15 is 4.39 Å². The van der Waals surface area contributed by atoms with Crippen LogP contribution >= 0.6 is 0 Å². The number of hydrogen-bond donors (Lipinski definition) is 2. The second kappa shape index (κ2) is 13.3. The Kier molecular flexibility index (Phi) is 8.63. The van der Waals surface area contributed by atoms with E-state index < -0.39 is 0 Å². The van der Waals surface area contributed by atoms with Gasteiger partial charge in [0, 0.05) is 71.5 Å². The Bertz CT molecular complexity index is 1790. The molecule has 16 heteroatoms. The third kappa shape index (κ3) is 6.45. The number of carbonyl (C=O) groups excluding carboxylic acids is 1. The number of fused-ring (bicyclic) bond motifs is 3. The van der Waals surface area contributed by atoms with E-state index in [1.165, 1.54) is 10.6 Å². The number of nitrogens with one attached hydrogen (secondary N) is 1. The maximum Gasteiger partial charge on any atom is 0.257 e. The van der Waals surface area contributed by atoms with Crippen molar-refractivity contribution in [3.8, 4) is 17.3 Å². The largest absolute Gasteiger partial charge is 0.484 e. The van der Waals surface area contributed by atoms with Crippen LogP contribution in [0.5, 0.6) is 5.75 Å². The first-order valence-corrected chi connectivity index (χ1v) is 15.4. The molecule has 0 unspecified atom stereocenters. The van der Waals surface area contributed by atoms with Gasteiger partial charge in [0.1, 0.15) is 11.6 Å². The summed E-state index contributed by atoms with van der Waals surface area (Å²) in [6, 6.07) is 8.32. The van der Waals surface area contributed by atoms with E-state index in [2.05, 4.69) is 35.2 Å². The van der Waals surface area contributed by atoms with Gasteiger partial charge in [0.15, 0.2) is 29.2 Å². The molecule has 0 atom stereocenters. The number of nitrogens with zero attached hydrogens (tertiary/aromatic N) is 9. The van der Waals surface area contributed by atoms with E-state index in [4.69, 9.17) is 19.6 Å². The Morgan fingerprint density at radius 1 is 1.00 bits per heavy atom. The minimum absolute atomic E-state index is 0.162. The molecule has 6 heterocycles. The number of hydrogen-bond acceptors (Lipinski definition) is 12. The number of morpholine rings is 1. The van der Waals surface area contributed by atoms with Gasteiger partial charge in [-0.25, -0.2) is 14.4 Å². The Balaban J connectivity index is 0.890. The maximum atomic E-state index is 15.1. The van der Waals surface area contributed by atoms with Crippen molar-refractivity contribution in [2.45, 2.75) is 6.54 Å². The first kappa shape index (κ1) is 29.9. The summed E-state index contributed by atoms with van der Waals surface area (Å²) >= 11 is 0. The molecule has 15 nitrogen and oxygen atoms in total. The number of carbonyl (C=O) groups is 1. The highest BCUT2D eigenvalue weighted by molar-refractivity contribution is 5.87. The van der Waals surface area contributed by atoms with E-state index in [9.17, 15) is 4.79 Å². The number of amides is 1. The van der Waals surface area contributed by atoms with Crippen molar-refractivity contribution in [2.75, 3.05) is 89.4 Å². The van der Waals surface area contributed by atoms with E-state index in [0.29, 0.717) is 66.0 Å². The standard InChI is InChI=1S/C30H36FN11O4/c31-22-18-21(46-19-25(43)33-5-6-38-13-16-44-17-14-38)3-4-23(22)40-10-7-39(8-11-40)9-12-41-20-34-26-28(41)36-30(32)42-29(26)35-27(37-42)24-2-1-15-45-24/h1-4,15,18,20H,5-14,16-17,19H2,(H2,32,36)(H,33,43). The summed E-state index contributed by atoms with van der Waals surface area (Å²) in [6.07, 6.45) is 3.30. The van der Waals surface area contributed by atoms with Gasteiger partial charge in [-0.15, -0.1) is 5.10 Å². The van der Waals surface area contributed by atoms with Crippen LogP contribution in [0.1, 0.15) is 0 Å². The highest BCUT2D eigenvalue weighted by atomic mass is 19.1. The van der Waals surface area contributed by atoms with Gasteiger partial charge >= 0.3 is 0 Å². The Morgan fingerprint density at radius 3 is 2.61 bits per heavy atom. The van der Waals surface area contributed by atoms with Crippen molar-refractivity contribution in [1.82, 2.24) is 44.2 Å². The van der Waals surface area contributed by atoms with Crippen LogP contribution in [-0.2, 0) is 16.1 Å². The van der Waals surface area contributed by atoms with Crippen LogP contribution in [0.3, 0.4) is 0 Å². The SMILES string of the molecule is Nc1nc2c(ncn2CCN2CCN(c3ccc(OCC(=O)NCCN4CCOCC4)cc3F)CC2)c2nc(-c3ccco3)nn12. The van der Waals surface area contributed by atoms with E-state index in [-0.39, 0.29) is 24.3 Å². The molecular weight excluding hydrogens is 597 g/mol. The van der Waals surface area contributed by atoms with Gasteiger partial charge in [-0.3, -0.25) is 14.6 Å². The third-order valence-corrected chi connectivity index (χ3v) is 8.32. The summed E-state index contributed by atoms with van der Waals surface area (Å²) in [5, 5.41) is 7.27. The van der Waals surface area contributed by atoms with Crippen LogP contribution in [0, 0.1) is 5.82 Å². The first-order valence-electron chi connectivity index (χ1n) is 15.4. The average molecular weight is 634 g/mol.